The standard InChI is InChI=1S/C14H15ClN2O2/c1-3-11-12(14(18)19)13(15)17(16-11)8-10-6-4-5-9(2)7-10/h4-7H,3,8H2,1-2H3,(H,18,19). The molecular weight excluding hydrogens is 264 g/mol. The first-order valence-corrected chi connectivity index (χ1v) is 6.44. The second kappa shape index (κ2) is 5.45. The zero-order valence-electron chi connectivity index (χ0n) is 10.9. The number of benzene rings is 1. The van der Waals surface area contributed by atoms with E-state index in [1.807, 2.05) is 38.1 Å². The van der Waals surface area contributed by atoms with Crippen molar-refractivity contribution in [2.75, 3.05) is 0 Å². The zero-order valence-corrected chi connectivity index (χ0v) is 11.6. The molecule has 1 aromatic carbocycles. The normalized spacial score (nSPS) is 10.7. The fourth-order valence-corrected chi connectivity index (χ4v) is 2.32. The molecule has 0 fully saturated rings. The molecule has 0 bridgehead atoms. The number of aromatic nitrogens is 2. The number of halogens is 1. The van der Waals surface area contributed by atoms with E-state index in [2.05, 4.69) is 5.10 Å². The Balaban J connectivity index is 2.38. The van der Waals surface area contributed by atoms with Crippen LogP contribution in [0.4, 0.5) is 0 Å². The molecule has 2 rings (SSSR count). The van der Waals surface area contributed by atoms with E-state index in [4.69, 9.17) is 16.7 Å². The van der Waals surface area contributed by atoms with Crippen LogP contribution in [0, 0.1) is 6.92 Å². The lowest BCUT2D eigenvalue weighted by Crippen LogP contribution is -2.03. The van der Waals surface area contributed by atoms with Gasteiger partial charge in [0.15, 0.2) is 0 Å². The van der Waals surface area contributed by atoms with Gasteiger partial charge in [0.2, 0.25) is 0 Å². The van der Waals surface area contributed by atoms with Gasteiger partial charge in [-0.3, -0.25) is 0 Å². The van der Waals surface area contributed by atoms with Gasteiger partial charge in [-0.05, 0) is 18.9 Å². The van der Waals surface area contributed by atoms with Crippen LogP contribution in [0.1, 0.15) is 34.1 Å². The Labute approximate surface area is 116 Å². The van der Waals surface area contributed by atoms with Crippen molar-refractivity contribution in [3.8, 4) is 0 Å². The second-order valence-electron chi connectivity index (χ2n) is 4.42. The van der Waals surface area contributed by atoms with E-state index in [0.29, 0.717) is 18.7 Å². The highest BCUT2D eigenvalue weighted by molar-refractivity contribution is 6.32. The van der Waals surface area contributed by atoms with Gasteiger partial charge in [-0.15, -0.1) is 0 Å². The first-order chi connectivity index (χ1) is 9.02. The molecule has 1 N–H and O–H groups in total. The lowest BCUT2D eigenvalue weighted by Gasteiger charge is -2.04. The van der Waals surface area contributed by atoms with Crippen LogP contribution < -0.4 is 0 Å². The number of aromatic carboxylic acids is 1. The summed E-state index contributed by atoms with van der Waals surface area (Å²) in [5.74, 6) is -1.03. The third kappa shape index (κ3) is 2.79. The summed E-state index contributed by atoms with van der Waals surface area (Å²) in [6.07, 6.45) is 0.544. The number of aryl methyl sites for hydroxylation is 2. The van der Waals surface area contributed by atoms with Gasteiger partial charge in [0, 0.05) is 0 Å². The largest absolute Gasteiger partial charge is 0.478 e. The molecule has 1 heterocycles. The van der Waals surface area contributed by atoms with Crippen LogP contribution in [-0.2, 0) is 13.0 Å². The summed E-state index contributed by atoms with van der Waals surface area (Å²) in [4.78, 5) is 11.2. The van der Waals surface area contributed by atoms with Gasteiger partial charge in [-0.25, -0.2) is 9.48 Å². The zero-order chi connectivity index (χ0) is 14.0. The summed E-state index contributed by atoms with van der Waals surface area (Å²) in [6.45, 7) is 4.34. The van der Waals surface area contributed by atoms with Gasteiger partial charge in [0.05, 0.1) is 12.2 Å². The van der Waals surface area contributed by atoms with Gasteiger partial charge in [-0.1, -0.05) is 48.4 Å². The Bertz CT molecular complexity index is 620. The van der Waals surface area contributed by atoms with Crippen molar-refractivity contribution in [1.82, 2.24) is 9.78 Å². The molecule has 0 radical (unpaired) electrons. The van der Waals surface area contributed by atoms with Crippen LogP contribution in [0.15, 0.2) is 24.3 Å². The van der Waals surface area contributed by atoms with E-state index >= 15 is 0 Å². The molecular formula is C14H15ClN2O2. The minimum Gasteiger partial charge on any atom is -0.478 e. The lowest BCUT2D eigenvalue weighted by molar-refractivity contribution is 0.0696. The van der Waals surface area contributed by atoms with Gasteiger partial charge < -0.3 is 5.11 Å². The van der Waals surface area contributed by atoms with Crippen LogP contribution >= 0.6 is 11.6 Å². The second-order valence-corrected chi connectivity index (χ2v) is 4.78. The molecule has 0 aliphatic rings. The summed E-state index contributed by atoms with van der Waals surface area (Å²) >= 11 is 6.11. The average Bonchev–Trinajstić information content (AvgIpc) is 2.66. The van der Waals surface area contributed by atoms with Crippen molar-refractivity contribution < 1.29 is 9.90 Å². The average molecular weight is 279 g/mol. The quantitative estimate of drug-likeness (QED) is 0.935. The van der Waals surface area contributed by atoms with Gasteiger partial charge in [-0.2, -0.15) is 5.10 Å². The van der Waals surface area contributed by atoms with E-state index in [1.165, 1.54) is 0 Å². The monoisotopic (exact) mass is 278 g/mol. The van der Waals surface area contributed by atoms with Crippen LogP contribution in [0.2, 0.25) is 5.15 Å². The van der Waals surface area contributed by atoms with E-state index in [0.717, 1.165) is 11.1 Å². The van der Waals surface area contributed by atoms with Crippen molar-refractivity contribution in [3.63, 3.8) is 0 Å². The first kappa shape index (κ1) is 13.6. The van der Waals surface area contributed by atoms with E-state index in [1.54, 1.807) is 4.68 Å². The van der Waals surface area contributed by atoms with Gasteiger partial charge >= 0.3 is 5.97 Å². The molecule has 0 saturated heterocycles. The Morgan fingerprint density at radius 2 is 2.21 bits per heavy atom. The van der Waals surface area contributed by atoms with E-state index < -0.39 is 5.97 Å². The summed E-state index contributed by atoms with van der Waals surface area (Å²) < 4.78 is 1.54. The van der Waals surface area contributed by atoms with Crippen LogP contribution in [0.3, 0.4) is 0 Å². The molecule has 0 aliphatic heterocycles. The smallest absolute Gasteiger partial charge is 0.340 e. The lowest BCUT2D eigenvalue weighted by atomic mass is 10.1. The third-order valence-corrected chi connectivity index (χ3v) is 3.31. The van der Waals surface area contributed by atoms with Crippen molar-refractivity contribution in [2.24, 2.45) is 0 Å². The molecule has 0 aliphatic carbocycles. The topological polar surface area (TPSA) is 55.1 Å². The van der Waals surface area contributed by atoms with Crippen LogP contribution in [0.25, 0.3) is 0 Å². The molecule has 2 aromatic rings. The van der Waals surface area contributed by atoms with E-state index in [-0.39, 0.29) is 10.7 Å². The number of carboxylic acids is 1. The predicted octanol–water partition coefficient (Wildman–Crippen LogP) is 3.15. The Morgan fingerprint density at radius 1 is 1.47 bits per heavy atom. The highest BCUT2D eigenvalue weighted by Crippen LogP contribution is 2.22. The number of rotatable bonds is 4. The summed E-state index contributed by atoms with van der Waals surface area (Å²) in [5, 5.41) is 13.6. The fourth-order valence-electron chi connectivity index (χ4n) is 2.04. The number of hydrogen-bond donors (Lipinski definition) is 1. The number of nitrogens with zero attached hydrogens (tertiary/aromatic N) is 2. The van der Waals surface area contributed by atoms with Crippen molar-refractivity contribution >= 4 is 17.6 Å². The molecule has 0 unspecified atom stereocenters. The van der Waals surface area contributed by atoms with Crippen LogP contribution in [0.5, 0.6) is 0 Å². The maximum atomic E-state index is 11.2. The molecule has 0 amide bonds. The summed E-state index contributed by atoms with van der Waals surface area (Å²) in [5.41, 5.74) is 2.82. The van der Waals surface area contributed by atoms with Crippen LogP contribution in [-0.4, -0.2) is 20.9 Å². The Morgan fingerprint density at radius 3 is 2.74 bits per heavy atom. The number of carboxylic acid groups (broad SMARTS) is 1. The fraction of sp³-hybridized carbons (Fsp3) is 0.286. The molecule has 0 atom stereocenters. The van der Waals surface area contributed by atoms with Gasteiger partial charge in [0.25, 0.3) is 0 Å². The van der Waals surface area contributed by atoms with Crippen molar-refractivity contribution in [3.05, 3.63) is 51.8 Å². The predicted molar refractivity (Wildman–Crippen MR) is 73.9 cm³/mol. The number of hydrogen-bond acceptors (Lipinski definition) is 2. The maximum absolute atomic E-state index is 11.2. The summed E-state index contributed by atoms with van der Waals surface area (Å²) in [7, 11) is 0. The molecule has 4 nitrogen and oxygen atoms in total. The molecule has 0 saturated carbocycles. The third-order valence-electron chi connectivity index (χ3n) is 2.93. The van der Waals surface area contributed by atoms with Crippen molar-refractivity contribution in [2.45, 2.75) is 26.8 Å². The maximum Gasteiger partial charge on any atom is 0.340 e. The molecule has 5 heteroatoms. The van der Waals surface area contributed by atoms with Crippen molar-refractivity contribution in [1.29, 1.82) is 0 Å². The van der Waals surface area contributed by atoms with E-state index in [9.17, 15) is 4.79 Å². The highest BCUT2D eigenvalue weighted by atomic mass is 35.5. The highest BCUT2D eigenvalue weighted by Gasteiger charge is 2.20. The molecule has 19 heavy (non-hydrogen) atoms. The minimum atomic E-state index is -1.03. The first-order valence-electron chi connectivity index (χ1n) is 6.07. The molecule has 100 valence electrons. The SMILES string of the molecule is CCc1nn(Cc2cccc(C)c2)c(Cl)c1C(=O)O. The number of carbonyl (C=O) groups is 1. The summed E-state index contributed by atoms with van der Waals surface area (Å²) in [6, 6.07) is 7.97. The Hall–Kier alpha value is -1.81. The molecule has 1 aromatic heterocycles. The minimum absolute atomic E-state index is 0.108. The molecule has 0 spiro atoms. The van der Waals surface area contributed by atoms with Gasteiger partial charge in [0.1, 0.15) is 10.7 Å². The Kier molecular flexibility index (Phi) is 3.90.